The van der Waals surface area contributed by atoms with Gasteiger partial charge in [-0.15, -0.1) is 0 Å². The van der Waals surface area contributed by atoms with Gasteiger partial charge in [0.05, 0.1) is 18.0 Å². The summed E-state index contributed by atoms with van der Waals surface area (Å²) in [4.78, 5) is 40.6. The third-order valence-corrected chi connectivity index (χ3v) is 5.58. The lowest BCUT2D eigenvalue weighted by atomic mass is 10.2. The van der Waals surface area contributed by atoms with Crippen LogP contribution < -0.4 is 10.2 Å². The van der Waals surface area contributed by atoms with E-state index in [-0.39, 0.29) is 23.6 Å². The Morgan fingerprint density at radius 3 is 2.83 bits per heavy atom. The fourth-order valence-electron chi connectivity index (χ4n) is 3.12. The number of carbonyl (C=O) groups excluding carboxylic acids is 2. The van der Waals surface area contributed by atoms with Gasteiger partial charge in [-0.25, -0.2) is 9.97 Å². The molecule has 0 bridgehead atoms. The summed E-state index contributed by atoms with van der Waals surface area (Å²) in [6.45, 7) is 5.95. The van der Waals surface area contributed by atoms with Crippen LogP contribution in [-0.4, -0.2) is 63.1 Å². The van der Waals surface area contributed by atoms with Crippen LogP contribution in [0.1, 0.15) is 19.5 Å². The molecule has 1 unspecified atom stereocenters. The molecule has 2 amide bonds. The molecule has 0 aromatic carbocycles. The first-order valence-corrected chi connectivity index (χ1v) is 10.6. The molecule has 2 aromatic rings. The number of hydrogen-bond acceptors (Lipinski definition) is 7. The Labute approximate surface area is 179 Å². The van der Waals surface area contributed by atoms with Crippen molar-refractivity contribution in [3.8, 4) is 0 Å². The van der Waals surface area contributed by atoms with E-state index in [4.69, 9.17) is 11.6 Å². The number of aromatic nitrogens is 3. The number of pyridine rings is 1. The van der Waals surface area contributed by atoms with Crippen LogP contribution in [0.5, 0.6) is 0 Å². The van der Waals surface area contributed by atoms with E-state index in [9.17, 15) is 9.59 Å². The smallest absolute Gasteiger partial charge is 0.230 e. The van der Waals surface area contributed by atoms with E-state index < -0.39 is 0 Å². The van der Waals surface area contributed by atoms with E-state index in [0.717, 1.165) is 5.69 Å². The molecule has 0 saturated carbocycles. The zero-order valence-electron chi connectivity index (χ0n) is 16.3. The molecule has 3 rings (SSSR count). The first-order valence-electron chi connectivity index (χ1n) is 9.28. The van der Waals surface area contributed by atoms with Crippen LogP contribution in [0.4, 0.5) is 5.82 Å². The number of thioether (sulfide) groups is 1. The van der Waals surface area contributed by atoms with Crippen LogP contribution in [-0.2, 0) is 16.1 Å². The van der Waals surface area contributed by atoms with Crippen molar-refractivity contribution in [2.75, 3.05) is 30.3 Å². The van der Waals surface area contributed by atoms with Crippen molar-refractivity contribution in [1.29, 1.82) is 0 Å². The van der Waals surface area contributed by atoms with E-state index in [1.807, 2.05) is 30.0 Å². The fourth-order valence-corrected chi connectivity index (χ4v) is 4.03. The maximum atomic E-state index is 12.1. The lowest BCUT2D eigenvalue weighted by Gasteiger charge is -2.40. The minimum atomic E-state index is -0.130. The topological polar surface area (TPSA) is 91.3 Å². The SMILES string of the molecule is CC(=O)N1CCN(c2cc(Cl)nc(SCC(=O)NCc3ccccn3)n2)CC1C. The van der Waals surface area contributed by atoms with Crippen molar-refractivity contribution in [3.05, 3.63) is 41.3 Å². The van der Waals surface area contributed by atoms with Crippen molar-refractivity contribution in [1.82, 2.24) is 25.2 Å². The van der Waals surface area contributed by atoms with Crippen LogP contribution in [0.3, 0.4) is 0 Å². The molecule has 1 aliphatic heterocycles. The zero-order chi connectivity index (χ0) is 20.8. The van der Waals surface area contributed by atoms with E-state index in [1.54, 1.807) is 19.2 Å². The van der Waals surface area contributed by atoms with Gasteiger partial charge in [-0.3, -0.25) is 14.6 Å². The summed E-state index contributed by atoms with van der Waals surface area (Å²) >= 11 is 7.41. The summed E-state index contributed by atoms with van der Waals surface area (Å²) in [5, 5.41) is 3.60. The Bertz CT molecular complexity index is 869. The van der Waals surface area contributed by atoms with Gasteiger partial charge in [0, 0.05) is 44.9 Å². The second kappa shape index (κ2) is 9.89. The molecule has 1 atom stereocenters. The number of nitrogens with zero attached hydrogens (tertiary/aromatic N) is 5. The number of halogens is 1. The molecule has 3 heterocycles. The highest BCUT2D eigenvalue weighted by atomic mass is 35.5. The van der Waals surface area contributed by atoms with Crippen LogP contribution in [0.25, 0.3) is 0 Å². The first kappa shape index (κ1) is 21.3. The van der Waals surface area contributed by atoms with Crippen LogP contribution in [0, 0.1) is 0 Å². The van der Waals surface area contributed by atoms with Gasteiger partial charge in [0.1, 0.15) is 11.0 Å². The van der Waals surface area contributed by atoms with Crippen molar-refractivity contribution >= 4 is 41.0 Å². The lowest BCUT2D eigenvalue weighted by Crippen LogP contribution is -2.53. The molecule has 2 aromatic heterocycles. The maximum absolute atomic E-state index is 12.1. The lowest BCUT2D eigenvalue weighted by molar-refractivity contribution is -0.131. The molecule has 8 nitrogen and oxygen atoms in total. The molecule has 1 fully saturated rings. The molecular formula is C19H23ClN6O2S. The Morgan fingerprint density at radius 1 is 1.31 bits per heavy atom. The van der Waals surface area contributed by atoms with Crippen LogP contribution in [0.2, 0.25) is 5.15 Å². The van der Waals surface area contributed by atoms with E-state index in [2.05, 4.69) is 25.2 Å². The quantitative estimate of drug-likeness (QED) is 0.422. The van der Waals surface area contributed by atoms with E-state index in [1.165, 1.54) is 11.8 Å². The zero-order valence-corrected chi connectivity index (χ0v) is 17.9. The Kier molecular flexibility index (Phi) is 7.27. The number of hydrogen-bond donors (Lipinski definition) is 1. The van der Waals surface area contributed by atoms with Gasteiger partial charge < -0.3 is 15.1 Å². The number of anilines is 1. The molecule has 0 radical (unpaired) electrons. The summed E-state index contributed by atoms with van der Waals surface area (Å²) in [7, 11) is 0. The predicted octanol–water partition coefficient (Wildman–Crippen LogP) is 1.99. The van der Waals surface area contributed by atoms with Crippen LogP contribution >= 0.6 is 23.4 Å². The van der Waals surface area contributed by atoms with Gasteiger partial charge in [0.2, 0.25) is 11.8 Å². The van der Waals surface area contributed by atoms with Crippen molar-refractivity contribution in [2.24, 2.45) is 0 Å². The minimum absolute atomic E-state index is 0.0748. The number of rotatable bonds is 6. The second-order valence-electron chi connectivity index (χ2n) is 6.73. The monoisotopic (exact) mass is 434 g/mol. The molecule has 29 heavy (non-hydrogen) atoms. The summed E-state index contributed by atoms with van der Waals surface area (Å²) < 4.78 is 0. The molecule has 1 aliphatic rings. The van der Waals surface area contributed by atoms with Gasteiger partial charge in [0.25, 0.3) is 0 Å². The number of carbonyl (C=O) groups is 2. The average molecular weight is 435 g/mol. The largest absolute Gasteiger partial charge is 0.353 e. The molecule has 10 heteroatoms. The molecule has 1 N–H and O–H groups in total. The third-order valence-electron chi connectivity index (χ3n) is 4.54. The summed E-state index contributed by atoms with van der Waals surface area (Å²) in [6.07, 6.45) is 1.69. The summed E-state index contributed by atoms with van der Waals surface area (Å²) in [5.74, 6) is 0.831. The highest BCUT2D eigenvalue weighted by Gasteiger charge is 2.26. The van der Waals surface area contributed by atoms with E-state index >= 15 is 0 Å². The molecule has 0 spiro atoms. The molecule has 1 saturated heterocycles. The highest BCUT2D eigenvalue weighted by molar-refractivity contribution is 7.99. The van der Waals surface area contributed by atoms with Crippen molar-refractivity contribution < 1.29 is 9.59 Å². The molecular weight excluding hydrogens is 412 g/mol. The standard InChI is InChI=1S/C19H23ClN6O2S/c1-13-11-25(7-8-26(13)14(2)27)17-9-16(20)23-19(24-17)29-12-18(28)22-10-15-5-3-4-6-21-15/h3-6,9,13H,7-8,10-12H2,1-2H3,(H,22,28). The van der Waals surface area contributed by atoms with Crippen molar-refractivity contribution in [3.63, 3.8) is 0 Å². The predicted molar refractivity (Wildman–Crippen MR) is 113 cm³/mol. The Balaban J connectivity index is 1.56. The summed E-state index contributed by atoms with van der Waals surface area (Å²) in [6, 6.07) is 7.36. The number of nitrogens with one attached hydrogen (secondary N) is 1. The normalized spacial score (nSPS) is 16.6. The summed E-state index contributed by atoms with van der Waals surface area (Å²) in [5.41, 5.74) is 0.797. The van der Waals surface area contributed by atoms with Gasteiger partial charge in [-0.05, 0) is 19.1 Å². The Morgan fingerprint density at radius 2 is 2.14 bits per heavy atom. The van der Waals surface area contributed by atoms with Gasteiger partial charge in [-0.2, -0.15) is 0 Å². The van der Waals surface area contributed by atoms with Gasteiger partial charge in [-0.1, -0.05) is 29.4 Å². The van der Waals surface area contributed by atoms with Gasteiger partial charge >= 0.3 is 0 Å². The van der Waals surface area contributed by atoms with E-state index in [0.29, 0.717) is 42.3 Å². The maximum Gasteiger partial charge on any atom is 0.230 e. The minimum Gasteiger partial charge on any atom is -0.353 e. The van der Waals surface area contributed by atoms with Crippen molar-refractivity contribution in [2.45, 2.75) is 31.6 Å². The fraction of sp³-hybridized carbons (Fsp3) is 0.421. The number of amides is 2. The van der Waals surface area contributed by atoms with Gasteiger partial charge in [0.15, 0.2) is 5.16 Å². The third kappa shape index (κ3) is 6.04. The Hall–Kier alpha value is -2.39. The molecule has 154 valence electrons. The highest BCUT2D eigenvalue weighted by Crippen LogP contribution is 2.24. The van der Waals surface area contributed by atoms with Crippen LogP contribution in [0.15, 0.2) is 35.6 Å². The molecule has 0 aliphatic carbocycles. The average Bonchev–Trinajstić information content (AvgIpc) is 2.70. The number of piperazine rings is 1. The first-order chi connectivity index (χ1) is 13.9. The second-order valence-corrected chi connectivity index (χ2v) is 8.06.